The van der Waals surface area contributed by atoms with E-state index < -0.39 is 28.5 Å². The molecule has 0 heterocycles. The van der Waals surface area contributed by atoms with E-state index in [9.17, 15) is 18.0 Å². The van der Waals surface area contributed by atoms with E-state index in [1.165, 1.54) is 23.1 Å². The van der Waals surface area contributed by atoms with Crippen molar-refractivity contribution in [2.75, 3.05) is 10.8 Å². The van der Waals surface area contributed by atoms with Gasteiger partial charge in [0.2, 0.25) is 11.8 Å². The first kappa shape index (κ1) is 34.8. The van der Waals surface area contributed by atoms with Gasteiger partial charge in [0.1, 0.15) is 12.6 Å². The summed E-state index contributed by atoms with van der Waals surface area (Å²) >= 11 is 19.5. The van der Waals surface area contributed by atoms with Crippen LogP contribution in [0, 0.1) is 6.92 Å². The van der Waals surface area contributed by atoms with Crippen LogP contribution in [0.4, 0.5) is 5.69 Å². The average Bonchev–Trinajstić information content (AvgIpc) is 3.57. The van der Waals surface area contributed by atoms with Crippen LogP contribution >= 0.6 is 34.8 Å². The van der Waals surface area contributed by atoms with E-state index in [4.69, 9.17) is 34.8 Å². The van der Waals surface area contributed by atoms with E-state index in [0.717, 1.165) is 41.1 Å². The predicted molar refractivity (Wildman–Crippen MR) is 189 cm³/mol. The Kier molecular flexibility index (Phi) is 11.5. The number of nitrogens with zero attached hydrogens (tertiary/aromatic N) is 2. The Bertz CT molecular complexity index is 1820. The lowest BCUT2D eigenvalue weighted by molar-refractivity contribution is -0.140. The standard InChI is InChI=1S/C36H36Cl3N3O4S/c1-25-18-20-29(21-19-25)47(45,46)42(32-17-9-16-31(38)35(32)39)24-34(43)41(23-27-12-5-8-15-30(27)37)33(22-26-10-3-2-4-11-26)36(44)40-28-13-6-7-14-28/h2-5,8-12,15-21,28,33H,6-7,13-14,22-24H2,1H3,(H,40,44)/t33-/m1/s1. The summed E-state index contributed by atoms with van der Waals surface area (Å²) in [5, 5.41) is 3.69. The summed E-state index contributed by atoms with van der Waals surface area (Å²) in [6, 6.07) is 26.5. The minimum atomic E-state index is -4.33. The molecule has 47 heavy (non-hydrogen) atoms. The third-order valence-electron chi connectivity index (χ3n) is 8.36. The molecule has 11 heteroatoms. The molecule has 1 aliphatic rings. The summed E-state index contributed by atoms with van der Waals surface area (Å²) in [4.78, 5) is 30.2. The fourth-order valence-corrected chi connectivity index (χ4v) is 7.84. The Morgan fingerprint density at radius 3 is 2.15 bits per heavy atom. The third-order valence-corrected chi connectivity index (χ3v) is 11.3. The Balaban J connectivity index is 1.60. The van der Waals surface area contributed by atoms with Gasteiger partial charge in [-0.2, -0.15) is 0 Å². The molecule has 1 aliphatic carbocycles. The molecule has 1 fully saturated rings. The van der Waals surface area contributed by atoms with E-state index in [1.54, 1.807) is 48.5 Å². The smallest absolute Gasteiger partial charge is 0.264 e. The van der Waals surface area contributed by atoms with Crippen molar-refractivity contribution in [1.29, 1.82) is 0 Å². The van der Waals surface area contributed by atoms with E-state index in [-0.39, 0.29) is 45.5 Å². The lowest BCUT2D eigenvalue weighted by Gasteiger charge is -2.34. The maximum absolute atomic E-state index is 14.7. The van der Waals surface area contributed by atoms with Crippen molar-refractivity contribution in [2.24, 2.45) is 0 Å². The lowest BCUT2D eigenvalue weighted by atomic mass is 10.0. The molecular formula is C36H36Cl3N3O4S. The van der Waals surface area contributed by atoms with Gasteiger partial charge in [0, 0.05) is 24.0 Å². The number of amides is 2. The molecule has 1 saturated carbocycles. The highest BCUT2D eigenvalue weighted by Crippen LogP contribution is 2.36. The van der Waals surface area contributed by atoms with E-state index in [1.807, 2.05) is 37.3 Å². The molecule has 0 unspecified atom stereocenters. The predicted octanol–water partition coefficient (Wildman–Crippen LogP) is 7.85. The van der Waals surface area contributed by atoms with Crippen LogP contribution in [-0.2, 0) is 32.6 Å². The third kappa shape index (κ3) is 8.49. The van der Waals surface area contributed by atoms with Crippen LogP contribution in [0.2, 0.25) is 15.1 Å². The van der Waals surface area contributed by atoms with Gasteiger partial charge >= 0.3 is 0 Å². The zero-order valence-electron chi connectivity index (χ0n) is 25.9. The number of halogens is 3. The summed E-state index contributed by atoms with van der Waals surface area (Å²) in [7, 11) is -4.33. The monoisotopic (exact) mass is 711 g/mol. The minimum absolute atomic E-state index is 0.00159. The molecule has 1 atom stereocenters. The second kappa shape index (κ2) is 15.6. The first-order chi connectivity index (χ1) is 22.5. The lowest BCUT2D eigenvalue weighted by Crippen LogP contribution is -2.54. The SMILES string of the molecule is Cc1ccc(S(=O)(=O)N(CC(=O)N(Cc2ccccc2Cl)[C@H](Cc2ccccc2)C(=O)NC2CCCC2)c2cccc(Cl)c2Cl)cc1. The molecule has 4 aromatic rings. The van der Waals surface area contributed by atoms with Crippen molar-refractivity contribution in [3.63, 3.8) is 0 Å². The molecule has 0 aromatic heterocycles. The quantitative estimate of drug-likeness (QED) is 0.162. The number of hydrogen-bond donors (Lipinski definition) is 1. The number of nitrogens with one attached hydrogen (secondary N) is 1. The van der Waals surface area contributed by atoms with Gasteiger partial charge in [-0.1, -0.05) is 120 Å². The first-order valence-corrected chi connectivity index (χ1v) is 18.0. The zero-order valence-corrected chi connectivity index (χ0v) is 29.0. The maximum atomic E-state index is 14.7. The van der Waals surface area contributed by atoms with E-state index in [2.05, 4.69) is 5.32 Å². The second-order valence-electron chi connectivity index (χ2n) is 11.7. The van der Waals surface area contributed by atoms with E-state index >= 15 is 0 Å². The number of sulfonamides is 1. The van der Waals surface area contributed by atoms with Gasteiger partial charge in [0.25, 0.3) is 10.0 Å². The maximum Gasteiger partial charge on any atom is 0.264 e. The highest BCUT2D eigenvalue weighted by Gasteiger charge is 2.36. The first-order valence-electron chi connectivity index (χ1n) is 15.4. The summed E-state index contributed by atoms with van der Waals surface area (Å²) in [5.41, 5.74) is 2.37. The number of anilines is 1. The topological polar surface area (TPSA) is 86.8 Å². The van der Waals surface area contributed by atoms with Crippen molar-refractivity contribution in [2.45, 2.75) is 62.6 Å². The highest BCUT2D eigenvalue weighted by molar-refractivity contribution is 7.92. The number of benzene rings is 4. The number of carbonyl (C=O) groups excluding carboxylic acids is 2. The van der Waals surface area contributed by atoms with Gasteiger partial charge in [-0.25, -0.2) is 8.42 Å². The van der Waals surface area contributed by atoms with Crippen LogP contribution < -0.4 is 9.62 Å². The number of hydrogen-bond acceptors (Lipinski definition) is 4. The van der Waals surface area contributed by atoms with Crippen LogP contribution in [0.15, 0.2) is 102 Å². The molecule has 0 radical (unpaired) electrons. The van der Waals surface area contributed by atoms with Crippen molar-refractivity contribution < 1.29 is 18.0 Å². The highest BCUT2D eigenvalue weighted by atomic mass is 35.5. The number of aryl methyl sites for hydroxylation is 1. The Hall–Kier alpha value is -3.56. The zero-order chi connectivity index (χ0) is 33.6. The van der Waals surface area contributed by atoms with Crippen LogP contribution in [0.3, 0.4) is 0 Å². The summed E-state index contributed by atoms with van der Waals surface area (Å²) in [6.45, 7) is 1.17. The molecule has 0 saturated heterocycles. The van der Waals surface area contributed by atoms with Gasteiger partial charge in [-0.3, -0.25) is 13.9 Å². The fraction of sp³-hybridized carbons (Fsp3) is 0.278. The van der Waals surface area contributed by atoms with Gasteiger partial charge in [0.15, 0.2) is 0 Å². The van der Waals surface area contributed by atoms with Crippen LogP contribution in [0.1, 0.15) is 42.4 Å². The van der Waals surface area contributed by atoms with Crippen LogP contribution in [0.5, 0.6) is 0 Å². The van der Waals surface area contributed by atoms with Crippen molar-refractivity contribution in [3.05, 3.63) is 129 Å². The number of rotatable bonds is 12. The van der Waals surface area contributed by atoms with Crippen molar-refractivity contribution in [1.82, 2.24) is 10.2 Å². The molecule has 0 spiro atoms. The van der Waals surface area contributed by atoms with Crippen molar-refractivity contribution in [3.8, 4) is 0 Å². The molecule has 4 aromatic carbocycles. The Morgan fingerprint density at radius 2 is 1.47 bits per heavy atom. The average molecular weight is 713 g/mol. The van der Waals surface area contributed by atoms with Gasteiger partial charge in [-0.05, 0) is 61.2 Å². The summed E-state index contributed by atoms with van der Waals surface area (Å²) in [5.74, 6) is -0.922. The van der Waals surface area contributed by atoms with Gasteiger partial charge in [0.05, 0.1) is 20.6 Å². The molecule has 246 valence electrons. The van der Waals surface area contributed by atoms with Crippen LogP contribution in [-0.4, -0.2) is 43.8 Å². The Labute approximate surface area is 291 Å². The summed E-state index contributed by atoms with van der Waals surface area (Å²) < 4.78 is 29.5. The summed E-state index contributed by atoms with van der Waals surface area (Å²) in [6.07, 6.45) is 3.96. The molecule has 0 bridgehead atoms. The number of carbonyl (C=O) groups is 2. The molecular weight excluding hydrogens is 677 g/mol. The van der Waals surface area contributed by atoms with Gasteiger partial charge in [-0.15, -0.1) is 0 Å². The minimum Gasteiger partial charge on any atom is -0.352 e. The van der Waals surface area contributed by atoms with Crippen LogP contribution in [0.25, 0.3) is 0 Å². The van der Waals surface area contributed by atoms with Crippen molar-refractivity contribution >= 4 is 62.3 Å². The van der Waals surface area contributed by atoms with E-state index in [0.29, 0.717) is 10.6 Å². The largest absolute Gasteiger partial charge is 0.352 e. The second-order valence-corrected chi connectivity index (χ2v) is 14.8. The normalized spacial score (nSPS) is 14.0. The molecule has 5 rings (SSSR count). The Morgan fingerprint density at radius 1 is 0.830 bits per heavy atom. The fourth-order valence-electron chi connectivity index (χ4n) is 5.77. The van der Waals surface area contributed by atoms with Gasteiger partial charge < -0.3 is 10.2 Å². The molecule has 1 N–H and O–H groups in total. The molecule has 7 nitrogen and oxygen atoms in total. The molecule has 0 aliphatic heterocycles. The molecule has 2 amide bonds.